The van der Waals surface area contributed by atoms with E-state index in [9.17, 15) is 4.57 Å². The Morgan fingerprint density at radius 3 is 2.15 bits per heavy atom. The zero-order valence-electron chi connectivity index (χ0n) is 6.90. The van der Waals surface area contributed by atoms with E-state index in [1.165, 1.54) is 0 Å². The van der Waals surface area contributed by atoms with Gasteiger partial charge in [-0.1, -0.05) is 12.2 Å². The van der Waals surface area contributed by atoms with Crippen molar-refractivity contribution in [3.63, 3.8) is 0 Å². The van der Waals surface area contributed by atoms with Crippen LogP contribution >= 0.6 is 8.25 Å². The van der Waals surface area contributed by atoms with Crippen LogP contribution in [0.5, 0.6) is 0 Å². The van der Waals surface area contributed by atoms with Crippen LogP contribution in [0.2, 0.25) is 0 Å². The molecule has 1 N–H and O–H groups in total. The third-order valence-electron chi connectivity index (χ3n) is 1.15. The van der Waals surface area contributed by atoms with Crippen molar-refractivity contribution in [2.24, 2.45) is 0 Å². The first-order valence-corrected chi connectivity index (χ1v) is 4.77. The molecule has 0 aliphatic heterocycles. The quantitative estimate of drug-likeness (QED) is 0.284. The first-order chi connectivity index (χ1) is 5.70. The molecule has 4 nitrogen and oxygen atoms in total. The summed E-state index contributed by atoms with van der Waals surface area (Å²) in [5.74, 6) is 0. The van der Waals surface area contributed by atoms with Gasteiger partial charge in [-0.2, -0.15) is 0 Å². The summed E-state index contributed by atoms with van der Waals surface area (Å²) >= 11 is 0. The minimum absolute atomic E-state index is 0. The van der Waals surface area contributed by atoms with Gasteiger partial charge in [-0.25, -0.2) is 0 Å². The average Bonchev–Trinajstić information content (AvgIpc) is 2.01. The van der Waals surface area contributed by atoms with E-state index >= 15 is 0 Å². The molecule has 0 aromatic rings. The zero-order chi connectivity index (χ0) is 9.40. The van der Waals surface area contributed by atoms with Gasteiger partial charge in [-0.15, -0.1) is 13.2 Å². The Hall–Kier alpha value is 0.356. The first-order valence-electron chi connectivity index (χ1n) is 3.50. The van der Waals surface area contributed by atoms with E-state index in [-0.39, 0.29) is 29.8 Å². The third-order valence-corrected chi connectivity index (χ3v) is 1.52. The second-order valence-electron chi connectivity index (χ2n) is 2.15. The minimum atomic E-state index is -2.83. The summed E-state index contributed by atoms with van der Waals surface area (Å²) < 4.78 is 14.7. The maximum absolute atomic E-state index is 10.2. The van der Waals surface area contributed by atoms with Gasteiger partial charge in [0.2, 0.25) is 0 Å². The van der Waals surface area contributed by atoms with Gasteiger partial charge in [0.1, 0.15) is 6.73 Å². The summed E-state index contributed by atoms with van der Waals surface area (Å²) in [6, 6.07) is 0. The molecule has 0 fully saturated rings. The number of hydrogen-bond donors (Lipinski definition) is 1. The molecular weight excluding hydrogens is 201 g/mol. The average molecular weight is 217 g/mol. The molecule has 0 aliphatic rings. The van der Waals surface area contributed by atoms with Crippen LogP contribution in [0.3, 0.4) is 0 Å². The van der Waals surface area contributed by atoms with Crippen LogP contribution in [0.15, 0.2) is 25.3 Å². The zero-order valence-corrected chi connectivity index (χ0v) is 7.90. The lowest BCUT2D eigenvalue weighted by molar-refractivity contribution is 0.144. The van der Waals surface area contributed by atoms with Crippen molar-refractivity contribution in [2.45, 2.75) is 0 Å². The van der Waals surface area contributed by atoms with Crippen LogP contribution in [0.1, 0.15) is 0 Å². The Morgan fingerprint density at radius 1 is 1.38 bits per heavy atom. The Balaban J connectivity index is 0. The van der Waals surface area contributed by atoms with E-state index in [2.05, 4.69) is 17.7 Å². The molecule has 0 aromatic carbocycles. The highest BCUT2D eigenvalue weighted by molar-refractivity contribution is 7.32. The molecule has 1 unspecified atom stereocenters. The smallest absolute Gasteiger partial charge is 0.317 e. The number of hydrogen-bond acceptors (Lipinski definition) is 3. The Kier molecular flexibility index (Phi) is 12.7. The van der Waals surface area contributed by atoms with E-state index in [1.807, 2.05) is 0 Å². The molecule has 0 bridgehead atoms. The van der Waals surface area contributed by atoms with Crippen LogP contribution < -0.4 is 0 Å². The molecule has 0 heterocycles. The van der Waals surface area contributed by atoms with Crippen molar-refractivity contribution < 1.29 is 14.0 Å². The van der Waals surface area contributed by atoms with Crippen LogP contribution in [0, 0.1) is 0 Å². The molecular formula is C7H16MgNO3P. The molecule has 0 spiro atoms. The standard InChI is InChI=1S/C7H14NO3P.Mg.2H/c1-3-5-8(6-4-2)7-11-12(9)10;;;/h3-4,12H,1-2,5-7H2,(H,9,10);;;. The van der Waals surface area contributed by atoms with Gasteiger partial charge in [0.25, 0.3) is 0 Å². The maximum atomic E-state index is 10.2. The summed E-state index contributed by atoms with van der Waals surface area (Å²) in [6.45, 7) is 8.45. The molecule has 0 aromatic heterocycles. The number of nitrogens with zero attached hydrogens (tertiary/aromatic N) is 1. The highest BCUT2D eigenvalue weighted by Crippen LogP contribution is 2.14. The largest absolute Gasteiger partial charge is 0.326 e. The van der Waals surface area contributed by atoms with E-state index < -0.39 is 8.25 Å². The van der Waals surface area contributed by atoms with Crippen molar-refractivity contribution in [1.82, 2.24) is 4.90 Å². The molecule has 0 rings (SSSR count). The summed E-state index contributed by atoms with van der Waals surface area (Å²) in [6.07, 6.45) is 3.39. The van der Waals surface area contributed by atoms with Crippen LogP contribution in [-0.2, 0) is 9.09 Å². The molecule has 0 amide bonds. The second kappa shape index (κ2) is 10.4. The van der Waals surface area contributed by atoms with Gasteiger partial charge >= 0.3 is 31.3 Å². The molecule has 6 heteroatoms. The normalized spacial score (nSPS) is 11.8. The van der Waals surface area contributed by atoms with Crippen LogP contribution in [-0.4, -0.2) is 52.7 Å². The van der Waals surface area contributed by atoms with Crippen molar-refractivity contribution in [2.75, 3.05) is 19.8 Å². The van der Waals surface area contributed by atoms with E-state index in [0.717, 1.165) is 0 Å². The SMILES string of the molecule is C=CCN(CC=C)CO[PH](=O)O.[MgH2]. The van der Waals surface area contributed by atoms with Gasteiger partial charge in [0, 0.05) is 13.1 Å². The lowest BCUT2D eigenvalue weighted by Gasteiger charge is -2.16. The summed E-state index contributed by atoms with van der Waals surface area (Å²) in [5.41, 5.74) is 0. The molecule has 74 valence electrons. The van der Waals surface area contributed by atoms with Gasteiger partial charge in [0.15, 0.2) is 0 Å². The third kappa shape index (κ3) is 10.3. The van der Waals surface area contributed by atoms with Gasteiger partial charge in [0.05, 0.1) is 0 Å². The van der Waals surface area contributed by atoms with Crippen molar-refractivity contribution in [3.8, 4) is 0 Å². The van der Waals surface area contributed by atoms with E-state index in [1.54, 1.807) is 17.1 Å². The molecule has 0 radical (unpaired) electrons. The fraction of sp³-hybridized carbons (Fsp3) is 0.429. The lowest BCUT2D eigenvalue weighted by Crippen LogP contribution is -2.25. The molecule has 0 saturated heterocycles. The fourth-order valence-electron chi connectivity index (χ4n) is 0.692. The monoisotopic (exact) mass is 217 g/mol. The van der Waals surface area contributed by atoms with Crippen LogP contribution in [0.25, 0.3) is 0 Å². The van der Waals surface area contributed by atoms with Gasteiger partial charge in [-0.05, 0) is 0 Å². The fourth-order valence-corrected chi connectivity index (χ4v) is 0.985. The molecule has 13 heavy (non-hydrogen) atoms. The Bertz CT molecular complexity index is 167. The Labute approximate surface area is 95.4 Å². The summed E-state index contributed by atoms with van der Waals surface area (Å²) in [5, 5.41) is 0. The highest BCUT2D eigenvalue weighted by Gasteiger charge is 2.01. The molecule has 1 atom stereocenters. The van der Waals surface area contributed by atoms with E-state index in [4.69, 9.17) is 4.89 Å². The molecule has 0 saturated carbocycles. The first kappa shape index (κ1) is 15.8. The summed E-state index contributed by atoms with van der Waals surface area (Å²) in [7, 11) is -2.83. The lowest BCUT2D eigenvalue weighted by atomic mass is 10.5. The predicted molar refractivity (Wildman–Crippen MR) is 57.7 cm³/mol. The minimum Gasteiger partial charge on any atom is -0.326 e. The topological polar surface area (TPSA) is 49.8 Å². The van der Waals surface area contributed by atoms with Crippen molar-refractivity contribution in [1.29, 1.82) is 0 Å². The van der Waals surface area contributed by atoms with Gasteiger partial charge in [-0.3, -0.25) is 14.0 Å². The van der Waals surface area contributed by atoms with Crippen molar-refractivity contribution >= 4 is 31.3 Å². The molecule has 0 aliphatic carbocycles. The Morgan fingerprint density at radius 2 is 1.85 bits per heavy atom. The number of rotatable bonds is 7. The van der Waals surface area contributed by atoms with Gasteiger partial charge < -0.3 is 4.89 Å². The predicted octanol–water partition coefficient (Wildman–Crippen LogP) is 0.100. The summed E-state index contributed by atoms with van der Waals surface area (Å²) in [4.78, 5) is 10.2. The second-order valence-corrected chi connectivity index (χ2v) is 2.97. The highest BCUT2D eigenvalue weighted by atomic mass is 31.1. The van der Waals surface area contributed by atoms with Crippen LogP contribution in [0.4, 0.5) is 0 Å². The van der Waals surface area contributed by atoms with E-state index in [0.29, 0.717) is 13.1 Å². The maximum Gasteiger partial charge on any atom is 0.317 e. The van der Waals surface area contributed by atoms with Crippen molar-refractivity contribution in [3.05, 3.63) is 25.3 Å².